The van der Waals surface area contributed by atoms with Crippen molar-refractivity contribution in [3.63, 3.8) is 0 Å². The first-order valence-electron chi connectivity index (χ1n) is 6.51. The van der Waals surface area contributed by atoms with Gasteiger partial charge in [-0.1, -0.05) is 35.9 Å². The molecule has 0 atom stereocenters. The number of nitrogens with one attached hydrogen (secondary N) is 1. The molecule has 0 bridgehead atoms. The number of aromatic nitrogens is 2. The number of para-hydroxylation sites is 1. The topological polar surface area (TPSA) is 46.9 Å². The predicted octanol–water partition coefficient (Wildman–Crippen LogP) is 4.54. The van der Waals surface area contributed by atoms with E-state index in [1.807, 2.05) is 42.5 Å². The van der Waals surface area contributed by atoms with Crippen LogP contribution >= 0.6 is 27.5 Å². The van der Waals surface area contributed by atoms with Gasteiger partial charge in [0.05, 0.1) is 17.4 Å². The molecule has 0 radical (unpaired) electrons. The van der Waals surface area contributed by atoms with Gasteiger partial charge in [-0.15, -0.1) is 0 Å². The lowest BCUT2D eigenvalue weighted by Gasteiger charge is -2.06. The van der Waals surface area contributed by atoms with E-state index < -0.39 is 0 Å². The third-order valence-electron chi connectivity index (χ3n) is 3.04. The van der Waals surface area contributed by atoms with Crippen LogP contribution in [0.25, 0.3) is 5.69 Å². The van der Waals surface area contributed by atoms with Crippen LogP contribution in [0.2, 0.25) is 5.02 Å². The number of hydrogen-bond donors (Lipinski definition) is 1. The van der Waals surface area contributed by atoms with Crippen LogP contribution in [0.15, 0.2) is 65.4 Å². The Labute approximate surface area is 140 Å². The molecule has 1 heterocycles. The zero-order chi connectivity index (χ0) is 15.5. The van der Waals surface area contributed by atoms with Gasteiger partial charge in [0.2, 0.25) is 0 Å². The number of nitrogens with zero attached hydrogens (tertiary/aromatic N) is 2. The van der Waals surface area contributed by atoms with Gasteiger partial charge in [-0.05, 0) is 46.3 Å². The van der Waals surface area contributed by atoms with Crippen LogP contribution in [-0.2, 0) is 0 Å². The number of rotatable bonds is 3. The van der Waals surface area contributed by atoms with Gasteiger partial charge in [-0.25, -0.2) is 4.68 Å². The minimum Gasteiger partial charge on any atom is -0.322 e. The van der Waals surface area contributed by atoms with E-state index in [-0.39, 0.29) is 5.91 Å². The third kappa shape index (κ3) is 3.05. The van der Waals surface area contributed by atoms with E-state index in [4.69, 9.17) is 11.6 Å². The largest absolute Gasteiger partial charge is 0.322 e. The van der Waals surface area contributed by atoms with E-state index in [1.54, 1.807) is 16.8 Å². The summed E-state index contributed by atoms with van der Waals surface area (Å²) in [6, 6.07) is 16.5. The molecule has 0 unspecified atom stereocenters. The number of carbonyl (C=O) groups excluding carboxylic acids is 1. The zero-order valence-corrected chi connectivity index (χ0v) is 13.7. The van der Waals surface area contributed by atoms with E-state index in [2.05, 4.69) is 26.3 Å². The van der Waals surface area contributed by atoms with Crippen LogP contribution < -0.4 is 5.32 Å². The molecule has 2 aromatic carbocycles. The molecule has 3 rings (SSSR count). The van der Waals surface area contributed by atoms with Crippen molar-refractivity contribution in [2.45, 2.75) is 0 Å². The molecule has 4 nitrogen and oxygen atoms in total. The molecule has 0 aliphatic heterocycles. The standard InChI is InChI=1S/C16H11BrClN3O/c17-15-14(16(22)20-12-6-2-1-3-7-12)10-19-21(15)13-8-4-5-11(18)9-13/h1-10H,(H,20,22). The molecule has 1 aromatic heterocycles. The maximum atomic E-state index is 12.3. The van der Waals surface area contributed by atoms with Crippen LogP contribution in [-0.4, -0.2) is 15.7 Å². The summed E-state index contributed by atoms with van der Waals surface area (Å²) in [4.78, 5) is 12.3. The van der Waals surface area contributed by atoms with Gasteiger partial charge in [0, 0.05) is 10.7 Å². The molecule has 1 N–H and O–H groups in total. The molecule has 0 saturated carbocycles. The van der Waals surface area contributed by atoms with Gasteiger partial charge in [0.15, 0.2) is 0 Å². The normalized spacial score (nSPS) is 10.5. The molecule has 0 aliphatic rings. The van der Waals surface area contributed by atoms with Gasteiger partial charge in [-0.2, -0.15) is 5.10 Å². The van der Waals surface area contributed by atoms with Gasteiger partial charge >= 0.3 is 0 Å². The lowest BCUT2D eigenvalue weighted by Crippen LogP contribution is -2.12. The van der Waals surface area contributed by atoms with Crippen molar-refractivity contribution in [1.82, 2.24) is 9.78 Å². The Morgan fingerprint density at radius 1 is 1.14 bits per heavy atom. The summed E-state index contributed by atoms with van der Waals surface area (Å²) in [5, 5.41) is 7.67. The molecule has 6 heteroatoms. The Hall–Kier alpha value is -2.11. The smallest absolute Gasteiger partial charge is 0.260 e. The zero-order valence-electron chi connectivity index (χ0n) is 11.3. The van der Waals surface area contributed by atoms with Crippen molar-refractivity contribution in [1.29, 1.82) is 0 Å². The second kappa shape index (κ2) is 6.34. The third-order valence-corrected chi connectivity index (χ3v) is 4.04. The van der Waals surface area contributed by atoms with Crippen molar-refractivity contribution in [2.24, 2.45) is 0 Å². The van der Waals surface area contributed by atoms with Crippen molar-refractivity contribution >= 4 is 39.1 Å². The lowest BCUT2D eigenvalue weighted by atomic mass is 10.3. The molecule has 1 amide bonds. The quantitative estimate of drug-likeness (QED) is 0.729. The average molecular weight is 377 g/mol. The highest BCUT2D eigenvalue weighted by atomic mass is 79.9. The predicted molar refractivity (Wildman–Crippen MR) is 90.7 cm³/mol. The highest BCUT2D eigenvalue weighted by Gasteiger charge is 2.16. The van der Waals surface area contributed by atoms with Crippen LogP contribution in [0.4, 0.5) is 5.69 Å². The first kappa shape index (κ1) is 14.8. The van der Waals surface area contributed by atoms with Crippen LogP contribution in [0.3, 0.4) is 0 Å². The fourth-order valence-corrected chi connectivity index (χ4v) is 2.76. The molecule has 22 heavy (non-hydrogen) atoms. The average Bonchev–Trinajstić information content (AvgIpc) is 2.90. The lowest BCUT2D eigenvalue weighted by molar-refractivity contribution is 0.102. The summed E-state index contributed by atoms with van der Waals surface area (Å²) in [5.41, 5.74) is 1.96. The van der Waals surface area contributed by atoms with E-state index in [1.165, 1.54) is 6.20 Å². The maximum Gasteiger partial charge on any atom is 0.260 e. The van der Waals surface area contributed by atoms with Crippen molar-refractivity contribution < 1.29 is 4.79 Å². The van der Waals surface area contributed by atoms with Crippen molar-refractivity contribution in [3.8, 4) is 5.69 Å². The van der Waals surface area contributed by atoms with Gasteiger partial charge < -0.3 is 5.32 Å². The Kier molecular flexibility index (Phi) is 4.27. The van der Waals surface area contributed by atoms with Gasteiger partial charge in [0.25, 0.3) is 5.91 Å². The Morgan fingerprint density at radius 3 is 2.64 bits per heavy atom. The summed E-state index contributed by atoms with van der Waals surface area (Å²) in [6.07, 6.45) is 1.52. The molecule has 0 aliphatic carbocycles. The minimum absolute atomic E-state index is 0.230. The van der Waals surface area contributed by atoms with E-state index >= 15 is 0 Å². The number of halogens is 2. The van der Waals surface area contributed by atoms with Gasteiger partial charge in [-0.3, -0.25) is 4.79 Å². The molecule has 110 valence electrons. The van der Waals surface area contributed by atoms with Crippen LogP contribution in [0.1, 0.15) is 10.4 Å². The first-order chi connectivity index (χ1) is 10.6. The fourth-order valence-electron chi connectivity index (χ4n) is 1.99. The molecule has 0 fully saturated rings. The Bertz CT molecular complexity index is 817. The molecule has 0 saturated heterocycles. The first-order valence-corrected chi connectivity index (χ1v) is 7.68. The summed E-state index contributed by atoms with van der Waals surface area (Å²) < 4.78 is 2.19. The van der Waals surface area contributed by atoms with Crippen molar-refractivity contribution in [3.05, 3.63) is 76.0 Å². The summed E-state index contributed by atoms with van der Waals surface area (Å²) in [5.74, 6) is -0.230. The Morgan fingerprint density at radius 2 is 1.91 bits per heavy atom. The van der Waals surface area contributed by atoms with Gasteiger partial charge in [0.1, 0.15) is 4.60 Å². The number of benzene rings is 2. The van der Waals surface area contributed by atoms with Crippen LogP contribution in [0.5, 0.6) is 0 Å². The summed E-state index contributed by atoms with van der Waals surface area (Å²) in [7, 11) is 0. The number of anilines is 1. The van der Waals surface area contributed by atoms with E-state index in [0.29, 0.717) is 15.2 Å². The molecule has 3 aromatic rings. The highest BCUT2D eigenvalue weighted by Crippen LogP contribution is 2.23. The van der Waals surface area contributed by atoms with Crippen molar-refractivity contribution in [2.75, 3.05) is 5.32 Å². The van der Waals surface area contributed by atoms with E-state index in [0.717, 1.165) is 11.4 Å². The number of carbonyl (C=O) groups is 1. The number of amides is 1. The fraction of sp³-hybridized carbons (Fsp3) is 0. The Balaban J connectivity index is 1.89. The SMILES string of the molecule is O=C(Nc1ccccc1)c1cnn(-c2cccc(Cl)c2)c1Br. The second-order valence-electron chi connectivity index (χ2n) is 4.56. The van der Waals surface area contributed by atoms with E-state index in [9.17, 15) is 4.79 Å². The monoisotopic (exact) mass is 375 g/mol. The summed E-state index contributed by atoms with van der Waals surface area (Å²) >= 11 is 9.41. The minimum atomic E-state index is -0.230. The summed E-state index contributed by atoms with van der Waals surface area (Å²) in [6.45, 7) is 0. The highest BCUT2D eigenvalue weighted by molar-refractivity contribution is 9.10. The second-order valence-corrected chi connectivity index (χ2v) is 5.75. The van der Waals surface area contributed by atoms with Crippen LogP contribution in [0, 0.1) is 0 Å². The molecular weight excluding hydrogens is 366 g/mol. The maximum absolute atomic E-state index is 12.3. The number of hydrogen-bond acceptors (Lipinski definition) is 2. The molecular formula is C16H11BrClN3O. The molecule has 0 spiro atoms.